The predicted octanol–water partition coefficient (Wildman–Crippen LogP) is 3.09. The molecule has 2 aromatic rings. The molecular formula is C24H24N4O3. The van der Waals surface area contributed by atoms with Gasteiger partial charge < -0.3 is 15.4 Å². The normalized spacial score (nSPS) is 13.9. The van der Waals surface area contributed by atoms with E-state index >= 15 is 0 Å². The van der Waals surface area contributed by atoms with E-state index in [9.17, 15) is 9.59 Å². The molecule has 0 saturated heterocycles. The Labute approximate surface area is 181 Å². The zero-order valence-corrected chi connectivity index (χ0v) is 17.2. The minimum absolute atomic E-state index is 0.191. The lowest BCUT2D eigenvalue weighted by Crippen LogP contribution is -2.30. The van der Waals surface area contributed by atoms with Crippen LogP contribution in [0.2, 0.25) is 0 Å². The summed E-state index contributed by atoms with van der Waals surface area (Å²) in [5.74, 6) is 0.177. The molecule has 0 fully saturated rings. The Morgan fingerprint density at radius 3 is 2.74 bits per heavy atom. The van der Waals surface area contributed by atoms with E-state index in [1.165, 1.54) is 0 Å². The average Bonchev–Trinajstić information content (AvgIpc) is 2.82. The number of carbonyl (C=O) groups is 2. The number of pyridine rings is 2. The topological polar surface area (TPSA) is 93.2 Å². The van der Waals surface area contributed by atoms with Gasteiger partial charge in [0.25, 0.3) is 5.91 Å². The highest BCUT2D eigenvalue weighted by Crippen LogP contribution is 2.14. The molecule has 0 saturated carbocycles. The fourth-order valence-electron chi connectivity index (χ4n) is 2.83. The number of allylic oxidation sites excluding steroid dienone is 6. The van der Waals surface area contributed by atoms with E-state index in [0.29, 0.717) is 24.3 Å². The van der Waals surface area contributed by atoms with Crippen LogP contribution in [-0.2, 0) is 16.2 Å². The van der Waals surface area contributed by atoms with Gasteiger partial charge in [0.05, 0.1) is 17.6 Å². The minimum Gasteiger partial charge on any atom is -0.487 e. The van der Waals surface area contributed by atoms with Crippen molar-refractivity contribution in [1.82, 2.24) is 20.6 Å². The van der Waals surface area contributed by atoms with Crippen LogP contribution in [0.3, 0.4) is 0 Å². The smallest absolute Gasteiger partial charge is 0.271 e. The van der Waals surface area contributed by atoms with Gasteiger partial charge in [-0.05, 0) is 48.8 Å². The molecule has 0 bridgehead atoms. The zero-order valence-electron chi connectivity index (χ0n) is 17.2. The first-order valence-corrected chi connectivity index (χ1v) is 9.90. The van der Waals surface area contributed by atoms with Gasteiger partial charge in [-0.3, -0.25) is 19.6 Å². The summed E-state index contributed by atoms with van der Waals surface area (Å²) in [5, 5.41) is 5.47. The van der Waals surface area contributed by atoms with Crippen LogP contribution in [0.1, 0.15) is 24.1 Å². The van der Waals surface area contributed by atoms with Gasteiger partial charge in [0, 0.05) is 25.0 Å². The average molecular weight is 416 g/mol. The third kappa shape index (κ3) is 6.78. The van der Waals surface area contributed by atoms with Crippen LogP contribution in [0, 0.1) is 0 Å². The Kier molecular flexibility index (Phi) is 7.88. The van der Waals surface area contributed by atoms with Crippen molar-refractivity contribution in [1.29, 1.82) is 0 Å². The molecule has 2 heterocycles. The standard InChI is InChI=1S/C24H24N4O3/c1-25-23(24(30)28-21(16-29)12-18-6-3-2-4-7-18)13-20-9-10-22(15-27-20)31-17-19-8-5-11-26-14-19/h3,5-16,25H,2,4,17H2,1H3,(H,28,30)/b21-12-,23-13-. The third-order valence-corrected chi connectivity index (χ3v) is 4.42. The number of aldehydes is 1. The maximum Gasteiger partial charge on any atom is 0.271 e. The molecule has 2 N–H and O–H groups in total. The van der Waals surface area contributed by atoms with Crippen LogP contribution < -0.4 is 15.4 Å². The summed E-state index contributed by atoms with van der Waals surface area (Å²) in [7, 11) is 1.63. The van der Waals surface area contributed by atoms with Gasteiger partial charge in [-0.15, -0.1) is 0 Å². The third-order valence-electron chi connectivity index (χ3n) is 4.42. The lowest BCUT2D eigenvalue weighted by Gasteiger charge is -2.10. The van der Waals surface area contributed by atoms with E-state index in [-0.39, 0.29) is 11.4 Å². The molecule has 0 spiro atoms. The van der Waals surface area contributed by atoms with Crippen LogP contribution in [0.25, 0.3) is 6.08 Å². The van der Waals surface area contributed by atoms with Gasteiger partial charge in [0.1, 0.15) is 18.1 Å². The molecule has 7 nitrogen and oxygen atoms in total. The van der Waals surface area contributed by atoms with Crippen molar-refractivity contribution in [3.05, 3.63) is 95.4 Å². The van der Waals surface area contributed by atoms with Crippen LogP contribution in [0.15, 0.2) is 84.1 Å². The summed E-state index contributed by atoms with van der Waals surface area (Å²) >= 11 is 0. The second-order valence-corrected chi connectivity index (χ2v) is 6.73. The van der Waals surface area contributed by atoms with Crippen molar-refractivity contribution in [2.75, 3.05) is 7.05 Å². The van der Waals surface area contributed by atoms with Gasteiger partial charge >= 0.3 is 0 Å². The molecule has 0 atom stereocenters. The van der Waals surface area contributed by atoms with E-state index in [2.05, 4.69) is 20.6 Å². The lowest BCUT2D eigenvalue weighted by atomic mass is 10.1. The molecule has 2 aromatic heterocycles. The second-order valence-electron chi connectivity index (χ2n) is 6.73. The number of likely N-dealkylation sites (N-methyl/N-ethyl adjacent to an activating group) is 1. The molecule has 3 rings (SSSR count). The number of nitrogens with one attached hydrogen (secondary N) is 2. The molecule has 0 radical (unpaired) electrons. The molecule has 31 heavy (non-hydrogen) atoms. The van der Waals surface area contributed by atoms with Gasteiger partial charge in [0.15, 0.2) is 6.29 Å². The summed E-state index contributed by atoms with van der Waals surface area (Å²) in [6.45, 7) is 0.390. The fraction of sp³-hybridized carbons (Fsp3) is 0.167. The summed E-state index contributed by atoms with van der Waals surface area (Å²) in [4.78, 5) is 32.3. The summed E-state index contributed by atoms with van der Waals surface area (Å²) in [5.41, 5.74) is 2.89. The van der Waals surface area contributed by atoms with E-state index in [0.717, 1.165) is 24.0 Å². The molecule has 7 heteroatoms. The Bertz CT molecular complexity index is 1020. The van der Waals surface area contributed by atoms with Crippen LogP contribution in [0.4, 0.5) is 0 Å². The van der Waals surface area contributed by atoms with Crippen molar-refractivity contribution in [3.8, 4) is 5.75 Å². The number of nitrogens with zero attached hydrogens (tertiary/aromatic N) is 2. The highest BCUT2D eigenvalue weighted by molar-refractivity contribution is 6.00. The first-order valence-electron chi connectivity index (χ1n) is 9.90. The number of ether oxygens (including phenoxy) is 1. The van der Waals surface area contributed by atoms with Gasteiger partial charge in [-0.25, -0.2) is 0 Å². The number of hydrogen-bond acceptors (Lipinski definition) is 6. The quantitative estimate of drug-likeness (QED) is 0.482. The highest BCUT2D eigenvalue weighted by atomic mass is 16.5. The van der Waals surface area contributed by atoms with Gasteiger partial charge in [-0.2, -0.15) is 0 Å². The number of carbonyl (C=O) groups excluding carboxylic acids is 2. The van der Waals surface area contributed by atoms with Crippen molar-refractivity contribution >= 4 is 18.3 Å². The van der Waals surface area contributed by atoms with Crippen molar-refractivity contribution in [3.63, 3.8) is 0 Å². The molecule has 0 aromatic carbocycles. The molecule has 1 aliphatic carbocycles. The van der Waals surface area contributed by atoms with E-state index in [1.54, 1.807) is 49.9 Å². The number of rotatable bonds is 9. The predicted molar refractivity (Wildman–Crippen MR) is 119 cm³/mol. The summed E-state index contributed by atoms with van der Waals surface area (Å²) < 4.78 is 5.69. The Morgan fingerprint density at radius 1 is 1.19 bits per heavy atom. The molecule has 1 amide bonds. The Hall–Kier alpha value is -4.00. The van der Waals surface area contributed by atoms with Crippen molar-refractivity contribution in [2.24, 2.45) is 0 Å². The second kappa shape index (κ2) is 11.3. The maximum absolute atomic E-state index is 12.6. The van der Waals surface area contributed by atoms with Crippen LogP contribution in [-0.4, -0.2) is 29.2 Å². The molecule has 1 aliphatic rings. The fourth-order valence-corrected chi connectivity index (χ4v) is 2.83. The highest BCUT2D eigenvalue weighted by Gasteiger charge is 2.11. The van der Waals surface area contributed by atoms with Crippen molar-refractivity contribution < 1.29 is 14.3 Å². The SMILES string of the molecule is CN/C(=C\c1ccc(OCc2cccnc2)cn1)C(=O)N/C(C=O)=C\C1=CCCC=C1. The molecular weight excluding hydrogens is 392 g/mol. The Morgan fingerprint density at radius 2 is 2.10 bits per heavy atom. The number of hydrogen-bond donors (Lipinski definition) is 2. The van der Waals surface area contributed by atoms with Gasteiger partial charge in [0.2, 0.25) is 0 Å². The first-order chi connectivity index (χ1) is 15.2. The van der Waals surface area contributed by atoms with Gasteiger partial charge in [-0.1, -0.05) is 24.3 Å². The van der Waals surface area contributed by atoms with E-state index in [4.69, 9.17) is 4.74 Å². The minimum atomic E-state index is -0.431. The summed E-state index contributed by atoms with van der Waals surface area (Å²) in [6, 6.07) is 7.30. The van der Waals surface area contributed by atoms with E-state index < -0.39 is 5.91 Å². The zero-order chi connectivity index (χ0) is 21.9. The van der Waals surface area contributed by atoms with Crippen LogP contribution in [0.5, 0.6) is 5.75 Å². The van der Waals surface area contributed by atoms with Crippen molar-refractivity contribution in [2.45, 2.75) is 19.4 Å². The van der Waals surface area contributed by atoms with E-state index in [1.807, 2.05) is 30.4 Å². The number of amides is 1. The molecule has 0 unspecified atom stereocenters. The summed E-state index contributed by atoms with van der Waals surface area (Å²) in [6.07, 6.45) is 16.8. The maximum atomic E-state index is 12.6. The monoisotopic (exact) mass is 416 g/mol. The van der Waals surface area contributed by atoms with Crippen LogP contribution >= 0.6 is 0 Å². The molecule has 0 aliphatic heterocycles. The largest absolute Gasteiger partial charge is 0.487 e. The molecule has 158 valence electrons. The lowest BCUT2D eigenvalue weighted by molar-refractivity contribution is -0.118. The first kappa shape index (κ1) is 21.7. The Balaban J connectivity index is 1.63. The number of aromatic nitrogens is 2.